The summed E-state index contributed by atoms with van der Waals surface area (Å²) in [5.41, 5.74) is 0. The van der Waals surface area contributed by atoms with Gasteiger partial charge in [0, 0.05) is 39.8 Å². The topological polar surface area (TPSA) is 26.5 Å². The van der Waals surface area contributed by atoms with Crippen molar-refractivity contribution in [1.82, 2.24) is 0 Å². The van der Waals surface area contributed by atoms with Gasteiger partial charge in [0.25, 0.3) is 0 Å². The monoisotopic (exact) mass is 176 g/mol. The molecule has 0 aromatic carbocycles. The molecule has 1 radical (unpaired) electrons. The zero-order chi connectivity index (χ0) is 5.41. The minimum absolute atomic E-state index is 0. The van der Waals surface area contributed by atoms with E-state index in [4.69, 9.17) is 0 Å². The Kier molecular flexibility index (Phi) is 66.2. The Morgan fingerprint density at radius 1 is 1.43 bits per heavy atom. The van der Waals surface area contributed by atoms with E-state index in [2.05, 4.69) is 17.0 Å². The van der Waals surface area contributed by atoms with E-state index in [-0.39, 0.29) is 32.7 Å². The molecule has 0 rings (SSSR count). The van der Waals surface area contributed by atoms with Crippen molar-refractivity contribution >= 4 is 6.72 Å². The minimum atomic E-state index is 0. The number of rotatable bonds is 0. The van der Waals surface area contributed by atoms with Crippen LogP contribution in [0.25, 0.3) is 5.32 Å². The molecule has 0 aliphatic rings. The molecule has 7 heavy (non-hydrogen) atoms. The quantitative estimate of drug-likeness (QED) is 0.491. The van der Waals surface area contributed by atoms with Crippen LogP contribution in [0.2, 0.25) is 0 Å². The first-order valence-electron chi connectivity index (χ1n) is 1.66. The van der Waals surface area contributed by atoms with Crippen LogP contribution in [0, 0.1) is 0 Å². The van der Waals surface area contributed by atoms with E-state index in [1.54, 1.807) is 21.1 Å². The molecular formula is C4H11N2Y-. The Morgan fingerprint density at radius 3 is 1.43 bits per heavy atom. The molecule has 0 atom stereocenters. The molecule has 0 N–H and O–H groups in total. The molecule has 3 heteroatoms. The number of hydrogen-bond acceptors (Lipinski definition) is 1. The first-order chi connectivity index (χ1) is 2.83. The van der Waals surface area contributed by atoms with E-state index >= 15 is 0 Å². The molecule has 0 spiro atoms. The molecule has 2 nitrogen and oxygen atoms in total. The van der Waals surface area contributed by atoms with Crippen LogP contribution in [0.5, 0.6) is 0 Å². The molecule has 41 valence electrons. The second-order valence-corrected chi connectivity index (χ2v) is 0.763. The van der Waals surface area contributed by atoms with E-state index in [0.717, 1.165) is 0 Å². The maximum Gasteiger partial charge on any atom is 0.0269 e. The zero-order valence-electron chi connectivity index (χ0n) is 5.18. The summed E-state index contributed by atoms with van der Waals surface area (Å²) in [6, 6.07) is 0. The third-order valence-electron chi connectivity index (χ3n) is 0. The molecule has 0 saturated carbocycles. The zero-order valence-corrected chi connectivity index (χ0v) is 8.02. The van der Waals surface area contributed by atoms with Gasteiger partial charge in [-0.05, 0) is 6.72 Å². The summed E-state index contributed by atoms with van der Waals surface area (Å²) in [5, 5.41) is 3.50. The summed E-state index contributed by atoms with van der Waals surface area (Å²) in [6.45, 7) is 3.11. The van der Waals surface area contributed by atoms with E-state index in [9.17, 15) is 0 Å². The summed E-state index contributed by atoms with van der Waals surface area (Å²) < 4.78 is 0. The van der Waals surface area contributed by atoms with Crippen molar-refractivity contribution in [3.05, 3.63) is 5.32 Å². The minimum Gasteiger partial charge on any atom is -0.668 e. The van der Waals surface area contributed by atoms with Crippen molar-refractivity contribution in [1.29, 1.82) is 0 Å². The van der Waals surface area contributed by atoms with Gasteiger partial charge in [-0.25, -0.2) is 0 Å². The summed E-state index contributed by atoms with van der Waals surface area (Å²) in [4.78, 5) is 3.25. The van der Waals surface area contributed by atoms with Gasteiger partial charge >= 0.3 is 0 Å². The fraction of sp³-hybridized carbons (Fsp3) is 0.750. The van der Waals surface area contributed by atoms with Crippen molar-refractivity contribution in [3.8, 4) is 0 Å². The summed E-state index contributed by atoms with van der Waals surface area (Å²) in [5.74, 6) is 0. The van der Waals surface area contributed by atoms with Crippen LogP contribution in [-0.2, 0) is 32.7 Å². The van der Waals surface area contributed by atoms with E-state index in [1.165, 1.54) is 0 Å². The van der Waals surface area contributed by atoms with Crippen LogP contribution >= 0.6 is 0 Å². The second kappa shape index (κ2) is 29.6. The van der Waals surface area contributed by atoms with Crippen LogP contribution in [0.4, 0.5) is 0 Å². The molecule has 0 fully saturated rings. The maximum atomic E-state index is 3.50. The van der Waals surface area contributed by atoms with E-state index in [1.807, 2.05) is 0 Å². The predicted molar refractivity (Wildman–Crippen MR) is 30.7 cm³/mol. The molecule has 0 aliphatic heterocycles. The third-order valence-corrected chi connectivity index (χ3v) is 0. The summed E-state index contributed by atoms with van der Waals surface area (Å²) in [6.07, 6.45) is 0. The average molecular weight is 176 g/mol. The van der Waals surface area contributed by atoms with Crippen molar-refractivity contribution in [3.63, 3.8) is 0 Å². The van der Waals surface area contributed by atoms with Crippen molar-refractivity contribution in [2.45, 2.75) is 0 Å². The first kappa shape index (κ1) is 15.6. The third kappa shape index (κ3) is 280. The molecule has 0 amide bonds. The smallest absolute Gasteiger partial charge is 0.0269 e. The molecular weight excluding hydrogens is 165 g/mol. The second-order valence-electron chi connectivity index (χ2n) is 0.763. The molecule has 0 aromatic rings. The molecule has 0 unspecified atom stereocenters. The summed E-state index contributed by atoms with van der Waals surface area (Å²) in [7, 11) is 5.14. The normalized spacial score (nSPS) is 4.43. The Hall–Kier alpha value is 0.734. The maximum absolute atomic E-state index is 3.50. The Labute approximate surface area is 70.7 Å². The van der Waals surface area contributed by atoms with E-state index in [0.29, 0.717) is 0 Å². The van der Waals surface area contributed by atoms with Gasteiger partial charge in [0.2, 0.25) is 0 Å². The fourth-order valence-corrected chi connectivity index (χ4v) is 0. The van der Waals surface area contributed by atoms with Gasteiger partial charge in [0.15, 0.2) is 0 Å². The standard InChI is InChI=1S/C2H6N.C2H5N.Y/c2*1-3-2;/h1-2H3;1H2,2H3;/q-1;;. The Balaban J connectivity index is -0.0000000400. The van der Waals surface area contributed by atoms with Crippen molar-refractivity contribution in [2.24, 2.45) is 4.99 Å². The SMILES string of the molecule is C=NC.C[N-]C.[Y]. The first-order valence-corrected chi connectivity index (χ1v) is 1.66. The average Bonchev–Trinajstić information content (AvgIpc) is 1.39. The molecule has 0 saturated heterocycles. The van der Waals surface area contributed by atoms with Gasteiger partial charge in [-0.3, -0.25) is 0 Å². The molecule has 0 bridgehead atoms. The predicted octanol–water partition coefficient (Wildman–Crippen LogP) is 0.934. The molecule has 0 heterocycles. The molecule has 0 aromatic heterocycles. The van der Waals surface area contributed by atoms with Gasteiger partial charge in [0.1, 0.15) is 0 Å². The van der Waals surface area contributed by atoms with Crippen LogP contribution in [0.1, 0.15) is 0 Å². The van der Waals surface area contributed by atoms with Crippen molar-refractivity contribution in [2.75, 3.05) is 21.1 Å². The van der Waals surface area contributed by atoms with Crippen LogP contribution in [0.3, 0.4) is 0 Å². The summed E-state index contributed by atoms with van der Waals surface area (Å²) >= 11 is 0. The van der Waals surface area contributed by atoms with Gasteiger partial charge in [0.05, 0.1) is 0 Å². The van der Waals surface area contributed by atoms with E-state index < -0.39 is 0 Å². The van der Waals surface area contributed by atoms with Crippen LogP contribution in [-0.4, -0.2) is 27.9 Å². The van der Waals surface area contributed by atoms with Crippen molar-refractivity contribution < 1.29 is 32.7 Å². The largest absolute Gasteiger partial charge is 0.668 e. The fourth-order valence-electron chi connectivity index (χ4n) is 0. The van der Waals surface area contributed by atoms with Gasteiger partial charge in [-0.15, -0.1) is 0 Å². The Morgan fingerprint density at radius 2 is 1.43 bits per heavy atom. The number of nitrogens with zero attached hydrogens (tertiary/aromatic N) is 2. The molecule has 0 aliphatic carbocycles. The number of aliphatic imine (C=N–C) groups is 1. The van der Waals surface area contributed by atoms with Crippen LogP contribution < -0.4 is 0 Å². The Bertz CT molecular complexity index is 23.7. The van der Waals surface area contributed by atoms with Gasteiger partial charge in [-0.1, -0.05) is 0 Å². The van der Waals surface area contributed by atoms with Gasteiger partial charge < -0.3 is 10.3 Å². The van der Waals surface area contributed by atoms with Gasteiger partial charge in [-0.2, -0.15) is 14.1 Å². The number of hydrogen-bond donors (Lipinski definition) is 0. The van der Waals surface area contributed by atoms with Crippen LogP contribution in [0.15, 0.2) is 4.99 Å².